The molecule has 108 valence electrons. The number of nitrogens with one attached hydrogen (secondary N) is 1. The largest absolute Gasteiger partial charge is 0.371 e. The Hall–Kier alpha value is -2.43. The average molecular weight is 282 g/mol. The van der Waals surface area contributed by atoms with E-state index in [1.165, 1.54) is 12.8 Å². The zero-order chi connectivity index (χ0) is 14.5. The van der Waals surface area contributed by atoms with Gasteiger partial charge in [0.1, 0.15) is 5.69 Å². The van der Waals surface area contributed by atoms with Crippen LogP contribution in [0, 0.1) is 0 Å². The number of hydrogen-bond donors (Lipinski definition) is 1. The second kappa shape index (κ2) is 6.35. The molecule has 0 saturated carbocycles. The SMILES string of the molecule is O=C(NCc1cccnc1)c1cc(N2CCCC2)ccn1. The van der Waals surface area contributed by atoms with Gasteiger partial charge in [-0.05, 0) is 36.6 Å². The van der Waals surface area contributed by atoms with E-state index in [1.807, 2.05) is 24.3 Å². The van der Waals surface area contributed by atoms with Crippen LogP contribution in [0.4, 0.5) is 5.69 Å². The molecule has 0 bridgehead atoms. The Balaban J connectivity index is 1.65. The number of pyridine rings is 2. The number of amides is 1. The lowest BCUT2D eigenvalue weighted by Gasteiger charge is -2.17. The summed E-state index contributed by atoms with van der Waals surface area (Å²) in [5.74, 6) is -0.153. The van der Waals surface area contributed by atoms with Crippen LogP contribution in [0.15, 0.2) is 42.9 Å². The van der Waals surface area contributed by atoms with Crippen molar-refractivity contribution in [1.29, 1.82) is 0 Å². The minimum absolute atomic E-state index is 0.153. The molecule has 3 rings (SSSR count). The predicted molar refractivity (Wildman–Crippen MR) is 81.1 cm³/mol. The first kappa shape index (κ1) is 13.5. The van der Waals surface area contributed by atoms with Gasteiger partial charge in [-0.25, -0.2) is 0 Å². The lowest BCUT2D eigenvalue weighted by atomic mass is 10.2. The third-order valence-corrected chi connectivity index (χ3v) is 3.62. The van der Waals surface area contributed by atoms with E-state index in [0.717, 1.165) is 24.3 Å². The summed E-state index contributed by atoms with van der Waals surface area (Å²) in [6, 6.07) is 7.61. The fraction of sp³-hybridized carbons (Fsp3) is 0.312. The molecule has 0 aromatic carbocycles. The van der Waals surface area contributed by atoms with E-state index in [9.17, 15) is 4.79 Å². The van der Waals surface area contributed by atoms with Crippen LogP contribution in [0.1, 0.15) is 28.9 Å². The maximum atomic E-state index is 12.2. The Bertz CT molecular complexity index is 609. The summed E-state index contributed by atoms with van der Waals surface area (Å²) in [6.07, 6.45) is 7.59. The van der Waals surface area contributed by atoms with Crippen LogP contribution in [0.5, 0.6) is 0 Å². The van der Waals surface area contributed by atoms with Gasteiger partial charge in [-0.2, -0.15) is 0 Å². The summed E-state index contributed by atoms with van der Waals surface area (Å²) in [7, 11) is 0. The highest BCUT2D eigenvalue weighted by Gasteiger charge is 2.14. The Morgan fingerprint density at radius 1 is 1.24 bits per heavy atom. The summed E-state index contributed by atoms with van der Waals surface area (Å²) in [6.45, 7) is 2.57. The molecule has 1 amide bonds. The Labute approximate surface area is 124 Å². The number of carbonyl (C=O) groups is 1. The van der Waals surface area contributed by atoms with Crippen molar-refractivity contribution in [3.8, 4) is 0 Å². The maximum absolute atomic E-state index is 12.2. The van der Waals surface area contributed by atoms with Crippen molar-refractivity contribution in [3.63, 3.8) is 0 Å². The third kappa shape index (κ3) is 3.37. The highest BCUT2D eigenvalue weighted by Crippen LogP contribution is 2.20. The molecule has 2 aromatic rings. The molecular weight excluding hydrogens is 264 g/mol. The number of nitrogens with zero attached hydrogens (tertiary/aromatic N) is 3. The van der Waals surface area contributed by atoms with Gasteiger partial charge in [0.15, 0.2) is 0 Å². The predicted octanol–water partition coefficient (Wildman–Crippen LogP) is 2.01. The summed E-state index contributed by atoms with van der Waals surface area (Å²) in [5, 5.41) is 2.87. The molecule has 21 heavy (non-hydrogen) atoms. The highest BCUT2D eigenvalue weighted by molar-refractivity contribution is 5.93. The maximum Gasteiger partial charge on any atom is 0.270 e. The van der Waals surface area contributed by atoms with Crippen molar-refractivity contribution in [2.75, 3.05) is 18.0 Å². The molecule has 1 fully saturated rings. The van der Waals surface area contributed by atoms with Crippen LogP contribution in [0.3, 0.4) is 0 Å². The normalized spacial score (nSPS) is 14.2. The van der Waals surface area contributed by atoms with E-state index < -0.39 is 0 Å². The van der Waals surface area contributed by atoms with Crippen molar-refractivity contribution in [1.82, 2.24) is 15.3 Å². The van der Waals surface area contributed by atoms with Gasteiger partial charge in [0, 0.05) is 43.9 Å². The molecule has 1 aliphatic heterocycles. The number of carbonyl (C=O) groups excluding carboxylic acids is 1. The van der Waals surface area contributed by atoms with Gasteiger partial charge in [0.2, 0.25) is 0 Å². The first-order chi connectivity index (χ1) is 10.3. The van der Waals surface area contributed by atoms with Gasteiger partial charge >= 0.3 is 0 Å². The van der Waals surface area contributed by atoms with E-state index in [-0.39, 0.29) is 5.91 Å². The first-order valence-electron chi connectivity index (χ1n) is 7.21. The van der Waals surface area contributed by atoms with E-state index in [2.05, 4.69) is 20.2 Å². The van der Waals surface area contributed by atoms with Crippen LogP contribution in [-0.4, -0.2) is 29.0 Å². The van der Waals surface area contributed by atoms with Gasteiger partial charge in [0.05, 0.1) is 0 Å². The Kier molecular flexibility index (Phi) is 4.09. The molecule has 5 nitrogen and oxygen atoms in total. The van der Waals surface area contributed by atoms with Crippen LogP contribution in [-0.2, 0) is 6.54 Å². The lowest BCUT2D eigenvalue weighted by Crippen LogP contribution is -2.25. The van der Waals surface area contributed by atoms with Crippen molar-refractivity contribution < 1.29 is 4.79 Å². The van der Waals surface area contributed by atoms with E-state index in [1.54, 1.807) is 18.6 Å². The molecule has 0 aliphatic carbocycles. The smallest absolute Gasteiger partial charge is 0.270 e. The molecule has 0 spiro atoms. The van der Waals surface area contributed by atoms with E-state index >= 15 is 0 Å². The van der Waals surface area contributed by atoms with Gasteiger partial charge in [-0.1, -0.05) is 6.07 Å². The van der Waals surface area contributed by atoms with Crippen LogP contribution < -0.4 is 10.2 Å². The molecule has 0 radical (unpaired) electrons. The molecule has 5 heteroatoms. The Morgan fingerprint density at radius 3 is 2.86 bits per heavy atom. The average Bonchev–Trinajstić information content (AvgIpc) is 3.08. The summed E-state index contributed by atoms with van der Waals surface area (Å²) >= 11 is 0. The highest BCUT2D eigenvalue weighted by atomic mass is 16.1. The molecule has 3 heterocycles. The summed E-state index contributed by atoms with van der Waals surface area (Å²) in [5.41, 5.74) is 2.51. The second-order valence-electron chi connectivity index (χ2n) is 5.14. The zero-order valence-electron chi connectivity index (χ0n) is 11.8. The number of rotatable bonds is 4. The van der Waals surface area contributed by atoms with Crippen molar-refractivity contribution in [3.05, 3.63) is 54.1 Å². The molecule has 0 unspecified atom stereocenters. The minimum atomic E-state index is -0.153. The van der Waals surface area contributed by atoms with Gasteiger partial charge in [0.25, 0.3) is 5.91 Å². The summed E-state index contributed by atoms with van der Waals surface area (Å²) < 4.78 is 0. The standard InChI is InChI=1S/C16H18N4O/c21-16(19-12-13-4-3-6-17-11-13)15-10-14(5-7-18-15)20-8-1-2-9-20/h3-7,10-11H,1-2,8-9,12H2,(H,19,21). The fourth-order valence-electron chi connectivity index (χ4n) is 2.49. The van der Waals surface area contributed by atoms with Gasteiger partial charge < -0.3 is 10.2 Å². The number of anilines is 1. The third-order valence-electron chi connectivity index (χ3n) is 3.62. The fourth-order valence-corrected chi connectivity index (χ4v) is 2.49. The van der Waals surface area contributed by atoms with Gasteiger partial charge in [-0.15, -0.1) is 0 Å². The number of aromatic nitrogens is 2. The topological polar surface area (TPSA) is 58.1 Å². The zero-order valence-corrected chi connectivity index (χ0v) is 11.8. The molecule has 0 atom stereocenters. The molecule has 1 aliphatic rings. The van der Waals surface area contributed by atoms with Crippen molar-refractivity contribution in [2.45, 2.75) is 19.4 Å². The number of hydrogen-bond acceptors (Lipinski definition) is 4. The van der Waals surface area contributed by atoms with Gasteiger partial charge in [-0.3, -0.25) is 14.8 Å². The van der Waals surface area contributed by atoms with Crippen LogP contribution >= 0.6 is 0 Å². The lowest BCUT2D eigenvalue weighted by molar-refractivity contribution is 0.0946. The molecular formula is C16H18N4O. The van der Waals surface area contributed by atoms with Crippen LogP contribution in [0.25, 0.3) is 0 Å². The van der Waals surface area contributed by atoms with E-state index in [4.69, 9.17) is 0 Å². The minimum Gasteiger partial charge on any atom is -0.371 e. The monoisotopic (exact) mass is 282 g/mol. The van der Waals surface area contributed by atoms with E-state index in [0.29, 0.717) is 12.2 Å². The molecule has 1 N–H and O–H groups in total. The Morgan fingerprint density at radius 2 is 2.10 bits per heavy atom. The quantitative estimate of drug-likeness (QED) is 0.932. The first-order valence-corrected chi connectivity index (χ1v) is 7.21. The summed E-state index contributed by atoms with van der Waals surface area (Å²) in [4.78, 5) is 22.7. The second-order valence-corrected chi connectivity index (χ2v) is 5.14. The van der Waals surface area contributed by atoms with Crippen molar-refractivity contribution in [2.24, 2.45) is 0 Å². The van der Waals surface area contributed by atoms with Crippen molar-refractivity contribution >= 4 is 11.6 Å². The van der Waals surface area contributed by atoms with Crippen LogP contribution in [0.2, 0.25) is 0 Å². The molecule has 1 saturated heterocycles. The molecule has 2 aromatic heterocycles.